The predicted molar refractivity (Wildman–Crippen MR) is 80.7 cm³/mol. The molecule has 112 valence electrons. The lowest BCUT2D eigenvalue weighted by atomic mass is 9.77. The zero-order valence-electron chi connectivity index (χ0n) is 12.8. The molecule has 0 unspecified atom stereocenters. The van der Waals surface area contributed by atoms with E-state index in [0.717, 1.165) is 38.1 Å². The minimum absolute atomic E-state index is 0.0335. The van der Waals surface area contributed by atoms with Crippen LogP contribution < -0.4 is 10.1 Å². The van der Waals surface area contributed by atoms with Gasteiger partial charge in [0.25, 0.3) is 0 Å². The van der Waals surface area contributed by atoms with Gasteiger partial charge in [0, 0.05) is 0 Å². The number of nitrogens with one attached hydrogen (secondary N) is 1. The molecule has 1 aliphatic carbocycles. The first kappa shape index (κ1) is 15.3. The second kappa shape index (κ2) is 6.57. The third-order valence-electron chi connectivity index (χ3n) is 4.04. The summed E-state index contributed by atoms with van der Waals surface area (Å²) in [7, 11) is 0. The van der Waals surface area contributed by atoms with Gasteiger partial charge < -0.3 is 10.1 Å². The molecule has 1 aliphatic rings. The quantitative estimate of drug-likeness (QED) is 0.760. The van der Waals surface area contributed by atoms with Crippen molar-refractivity contribution < 1.29 is 9.13 Å². The van der Waals surface area contributed by atoms with Crippen molar-refractivity contribution in [3.8, 4) is 5.75 Å². The average Bonchev–Trinajstić information content (AvgIpc) is 2.35. The van der Waals surface area contributed by atoms with Crippen LogP contribution in [0.25, 0.3) is 0 Å². The Morgan fingerprint density at radius 2 is 2.10 bits per heavy atom. The van der Waals surface area contributed by atoms with Gasteiger partial charge in [0.15, 0.2) is 0 Å². The number of rotatable bonds is 7. The van der Waals surface area contributed by atoms with Gasteiger partial charge in [-0.25, -0.2) is 4.39 Å². The third kappa shape index (κ3) is 3.95. The van der Waals surface area contributed by atoms with Crippen LogP contribution in [0.4, 0.5) is 4.39 Å². The molecule has 0 bridgehead atoms. The summed E-state index contributed by atoms with van der Waals surface area (Å²) in [5, 5.41) is 3.47. The third-order valence-corrected chi connectivity index (χ3v) is 4.04. The van der Waals surface area contributed by atoms with E-state index in [9.17, 15) is 4.39 Å². The van der Waals surface area contributed by atoms with Gasteiger partial charge in [0.1, 0.15) is 17.2 Å². The lowest BCUT2D eigenvalue weighted by molar-refractivity contribution is -0.0144. The van der Waals surface area contributed by atoms with Crippen LogP contribution in [-0.2, 0) is 0 Å². The summed E-state index contributed by atoms with van der Waals surface area (Å²) >= 11 is 0. The Morgan fingerprint density at radius 3 is 2.65 bits per heavy atom. The van der Waals surface area contributed by atoms with Gasteiger partial charge in [-0.15, -0.1) is 0 Å². The van der Waals surface area contributed by atoms with E-state index in [1.54, 1.807) is 19.1 Å². The molecule has 0 saturated heterocycles. The van der Waals surface area contributed by atoms with Crippen molar-refractivity contribution in [1.29, 1.82) is 0 Å². The van der Waals surface area contributed by atoms with Gasteiger partial charge in [-0.05, 0) is 75.4 Å². The van der Waals surface area contributed by atoms with E-state index >= 15 is 0 Å². The highest BCUT2D eigenvalue weighted by Gasteiger charge is 2.38. The second-order valence-electron chi connectivity index (χ2n) is 6.40. The van der Waals surface area contributed by atoms with E-state index in [2.05, 4.69) is 19.2 Å². The zero-order valence-corrected chi connectivity index (χ0v) is 12.8. The highest BCUT2D eigenvalue weighted by molar-refractivity contribution is 5.29. The molecule has 1 fully saturated rings. The fraction of sp³-hybridized carbons (Fsp3) is 0.647. The van der Waals surface area contributed by atoms with Crippen LogP contribution in [0.3, 0.4) is 0 Å². The summed E-state index contributed by atoms with van der Waals surface area (Å²) in [6.07, 6.45) is 4.46. The van der Waals surface area contributed by atoms with Gasteiger partial charge in [0.05, 0.1) is 0 Å². The average molecular weight is 279 g/mol. The number of hydrogen-bond acceptors (Lipinski definition) is 2. The van der Waals surface area contributed by atoms with Gasteiger partial charge in [-0.1, -0.05) is 13.8 Å². The van der Waals surface area contributed by atoms with Crippen molar-refractivity contribution in [3.63, 3.8) is 0 Å². The molecule has 20 heavy (non-hydrogen) atoms. The number of hydrogen-bond donors (Lipinski definition) is 1. The molecule has 0 amide bonds. The predicted octanol–water partition coefficient (Wildman–Crippen LogP) is 4.07. The molecular formula is C17H26FNO. The number of ether oxygens (including phenoxy) is 1. The fourth-order valence-corrected chi connectivity index (χ4v) is 2.61. The molecule has 2 nitrogen and oxygen atoms in total. The Bertz CT molecular complexity index is 441. The first-order valence-corrected chi connectivity index (χ1v) is 7.67. The summed E-state index contributed by atoms with van der Waals surface area (Å²) in [6, 6.07) is 5.04. The Morgan fingerprint density at radius 1 is 1.35 bits per heavy atom. The van der Waals surface area contributed by atoms with E-state index in [0.29, 0.717) is 11.5 Å². The highest BCUT2D eigenvalue weighted by Crippen LogP contribution is 2.39. The van der Waals surface area contributed by atoms with E-state index in [1.807, 2.05) is 0 Å². The minimum atomic E-state index is -0.168. The van der Waals surface area contributed by atoms with Crippen molar-refractivity contribution >= 4 is 0 Å². The van der Waals surface area contributed by atoms with Crippen molar-refractivity contribution in [1.82, 2.24) is 5.32 Å². The van der Waals surface area contributed by atoms with Gasteiger partial charge in [-0.3, -0.25) is 0 Å². The van der Waals surface area contributed by atoms with E-state index in [4.69, 9.17) is 4.74 Å². The van der Waals surface area contributed by atoms with Crippen molar-refractivity contribution in [2.24, 2.45) is 5.92 Å². The molecule has 1 N–H and O–H groups in total. The summed E-state index contributed by atoms with van der Waals surface area (Å²) in [5.74, 6) is 1.30. The Balaban J connectivity index is 1.88. The first-order chi connectivity index (χ1) is 9.51. The maximum Gasteiger partial charge on any atom is 0.126 e. The van der Waals surface area contributed by atoms with Crippen molar-refractivity contribution in [2.75, 3.05) is 13.1 Å². The minimum Gasteiger partial charge on any atom is -0.487 e. The lowest BCUT2D eigenvalue weighted by Gasteiger charge is -2.42. The van der Waals surface area contributed by atoms with Crippen LogP contribution in [0.15, 0.2) is 18.2 Å². The molecule has 1 aromatic rings. The number of halogens is 1. The Hall–Kier alpha value is -1.09. The lowest BCUT2D eigenvalue weighted by Crippen LogP contribution is -2.45. The number of benzene rings is 1. The van der Waals surface area contributed by atoms with Gasteiger partial charge in [-0.2, -0.15) is 0 Å². The SMILES string of the molecule is Cc1cc(OC2(CCNCC(C)C)CCC2)ccc1F. The normalized spacial score (nSPS) is 17.1. The fourth-order valence-electron chi connectivity index (χ4n) is 2.61. The topological polar surface area (TPSA) is 21.3 Å². The molecular weight excluding hydrogens is 253 g/mol. The summed E-state index contributed by atoms with van der Waals surface area (Å²) in [6.45, 7) is 8.23. The molecule has 0 aromatic heterocycles. The summed E-state index contributed by atoms with van der Waals surface area (Å²) in [5.41, 5.74) is 0.615. The maximum absolute atomic E-state index is 13.3. The molecule has 3 heteroatoms. The maximum atomic E-state index is 13.3. The highest BCUT2D eigenvalue weighted by atomic mass is 19.1. The summed E-state index contributed by atoms with van der Waals surface area (Å²) in [4.78, 5) is 0. The second-order valence-corrected chi connectivity index (χ2v) is 6.40. The van der Waals surface area contributed by atoms with Crippen LogP contribution in [0, 0.1) is 18.7 Å². The van der Waals surface area contributed by atoms with E-state index in [-0.39, 0.29) is 11.4 Å². The van der Waals surface area contributed by atoms with E-state index in [1.165, 1.54) is 12.5 Å². The van der Waals surface area contributed by atoms with Gasteiger partial charge >= 0.3 is 0 Å². The van der Waals surface area contributed by atoms with Gasteiger partial charge in [0.2, 0.25) is 0 Å². The molecule has 1 saturated carbocycles. The largest absolute Gasteiger partial charge is 0.487 e. The molecule has 0 heterocycles. The van der Waals surface area contributed by atoms with Crippen LogP contribution >= 0.6 is 0 Å². The van der Waals surface area contributed by atoms with Crippen LogP contribution in [0.1, 0.15) is 45.1 Å². The van der Waals surface area contributed by atoms with Crippen LogP contribution in [-0.4, -0.2) is 18.7 Å². The van der Waals surface area contributed by atoms with Crippen LogP contribution in [0.5, 0.6) is 5.75 Å². The molecule has 0 radical (unpaired) electrons. The zero-order chi connectivity index (χ0) is 14.6. The standard InChI is InChI=1S/C17H26FNO/c1-13(2)12-19-10-9-17(7-4-8-17)20-15-5-6-16(18)14(3)11-15/h5-6,11,13,19H,4,7-10,12H2,1-3H3. The molecule has 1 aromatic carbocycles. The Kier molecular flexibility index (Phi) is 5.03. The molecule has 0 aliphatic heterocycles. The number of aryl methyl sites for hydroxylation is 1. The summed E-state index contributed by atoms with van der Waals surface area (Å²) < 4.78 is 19.5. The van der Waals surface area contributed by atoms with E-state index < -0.39 is 0 Å². The van der Waals surface area contributed by atoms with Crippen molar-refractivity contribution in [3.05, 3.63) is 29.6 Å². The Labute approximate surface area is 121 Å². The first-order valence-electron chi connectivity index (χ1n) is 7.67. The molecule has 0 spiro atoms. The van der Waals surface area contributed by atoms with Crippen LogP contribution in [0.2, 0.25) is 0 Å². The monoisotopic (exact) mass is 279 g/mol. The molecule has 0 atom stereocenters. The molecule has 2 rings (SSSR count). The van der Waals surface area contributed by atoms with Crippen molar-refractivity contribution in [2.45, 2.75) is 52.1 Å². The smallest absolute Gasteiger partial charge is 0.126 e.